The molecule has 4 nitrogen and oxygen atoms in total. The predicted molar refractivity (Wildman–Crippen MR) is 39.4 cm³/mol. The molecule has 1 aliphatic heterocycles. The third-order valence-corrected chi connectivity index (χ3v) is 1.84. The van der Waals surface area contributed by atoms with Crippen LogP contribution < -0.4 is 5.73 Å². The highest BCUT2D eigenvalue weighted by atomic mass is 16.2. The first-order chi connectivity index (χ1) is 5.16. The van der Waals surface area contributed by atoms with Gasteiger partial charge in [0.05, 0.1) is 6.17 Å². The van der Waals surface area contributed by atoms with Crippen LogP contribution in [0.4, 0.5) is 0 Å². The van der Waals surface area contributed by atoms with Crippen molar-refractivity contribution in [2.24, 2.45) is 5.73 Å². The summed E-state index contributed by atoms with van der Waals surface area (Å²) in [4.78, 5) is 23.2. The van der Waals surface area contributed by atoms with E-state index < -0.39 is 6.17 Å². The third-order valence-electron chi connectivity index (χ3n) is 1.84. The Balaban J connectivity index is 2.68. The molecule has 0 spiro atoms. The summed E-state index contributed by atoms with van der Waals surface area (Å²) in [5, 5.41) is 0. The summed E-state index contributed by atoms with van der Waals surface area (Å²) in [6, 6.07) is 0. The molecule has 1 saturated heterocycles. The monoisotopic (exact) mass is 156 g/mol. The van der Waals surface area contributed by atoms with Crippen LogP contribution >= 0.6 is 0 Å². The Morgan fingerprint density at radius 3 is 2.27 bits per heavy atom. The first-order valence-electron chi connectivity index (χ1n) is 3.77. The summed E-state index contributed by atoms with van der Waals surface area (Å²) in [5.74, 6) is -0.270. The molecule has 62 valence electrons. The maximum absolute atomic E-state index is 11.0. The van der Waals surface area contributed by atoms with Crippen molar-refractivity contribution < 1.29 is 9.59 Å². The Labute approximate surface area is 65.3 Å². The highest BCUT2D eigenvalue weighted by Gasteiger charge is 2.32. The number of likely N-dealkylation sites (tertiary alicyclic amines) is 1. The van der Waals surface area contributed by atoms with Gasteiger partial charge in [0.2, 0.25) is 11.8 Å². The Kier molecular flexibility index (Phi) is 2.24. The lowest BCUT2D eigenvalue weighted by Gasteiger charge is -2.20. The maximum atomic E-state index is 11.0. The number of carbonyl (C=O) groups is 2. The smallest absolute Gasteiger partial charge is 0.231 e. The number of hydrogen-bond acceptors (Lipinski definition) is 3. The van der Waals surface area contributed by atoms with Crippen LogP contribution in [0.25, 0.3) is 0 Å². The lowest BCUT2D eigenvalue weighted by atomic mass is 10.3. The van der Waals surface area contributed by atoms with Crippen LogP contribution in [0.3, 0.4) is 0 Å². The Hall–Kier alpha value is -0.900. The van der Waals surface area contributed by atoms with Crippen molar-refractivity contribution in [2.75, 3.05) is 0 Å². The summed E-state index contributed by atoms with van der Waals surface area (Å²) in [6.07, 6.45) is 0.855. The van der Waals surface area contributed by atoms with E-state index in [1.165, 1.54) is 4.90 Å². The van der Waals surface area contributed by atoms with E-state index >= 15 is 0 Å². The van der Waals surface area contributed by atoms with Gasteiger partial charge in [-0.1, -0.05) is 6.92 Å². The molecule has 1 aliphatic rings. The zero-order valence-electron chi connectivity index (χ0n) is 6.54. The molecule has 1 unspecified atom stereocenters. The molecule has 1 heterocycles. The summed E-state index contributed by atoms with van der Waals surface area (Å²) in [5.41, 5.74) is 5.54. The molecule has 1 fully saturated rings. The zero-order valence-corrected chi connectivity index (χ0v) is 6.54. The van der Waals surface area contributed by atoms with Crippen LogP contribution in [0, 0.1) is 0 Å². The lowest BCUT2D eigenvalue weighted by Crippen LogP contribution is -2.44. The van der Waals surface area contributed by atoms with Gasteiger partial charge in [0.15, 0.2) is 0 Å². The van der Waals surface area contributed by atoms with Gasteiger partial charge in [0.25, 0.3) is 0 Å². The van der Waals surface area contributed by atoms with Crippen LogP contribution in [0.2, 0.25) is 0 Å². The van der Waals surface area contributed by atoms with Crippen molar-refractivity contribution in [1.29, 1.82) is 0 Å². The fourth-order valence-corrected chi connectivity index (χ4v) is 1.15. The van der Waals surface area contributed by atoms with E-state index in [2.05, 4.69) is 0 Å². The molecule has 0 aromatic carbocycles. The van der Waals surface area contributed by atoms with Crippen molar-refractivity contribution in [3.8, 4) is 0 Å². The summed E-state index contributed by atoms with van der Waals surface area (Å²) >= 11 is 0. The quantitative estimate of drug-likeness (QED) is 0.564. The third kappa shape index (κ3) is 1.40. The van der Waals surface area contributed by atoms with E-state index in [1.807, 2.05) is 6.92 Å². The van der Waals surface area contributed by atoms with Crippen molar-refractivity contribution in [2.45, 2.75) is 32.4 Å². The minimum Gasteiger partial charge on any atom is -0.311 e. The van der Waals surface area contributed by atoms with E-state index in [0.29, 0.717) is 19.3 Å². The van der Waals surface area contributed by atoms with Crippen LogP contribution in [0.15, 0.2) is 0 Å². The molecule has 0 saturated carbocycles. The molecule has 2 N–H and O–H groups in total. The van der Waals surface area contributed by atoms with E-state index in [9.17, 15) is 9.59 Å². The number of rotatable bonds is 2. The van der Waals surface area contributed by atoms with Crippen molar-refractivity contribution in [3.63, 3.8) is 0 Å². The average molecular weight is 156 g/mol. The van der Waals surface area contributed by atoms with Gasteiger partial charge in [0.1, 0.15) is 0 Å². The normalized spacial score (nSPS) is 21.1. The number of nitrogens with two attached hydrogens (primary N) is 1. The number of carbonyl (C=O) groups excluding carboxylic acids is 2. The fraction of sp³-hybridized carbons (Fsp3) is 0.714. The topological polar surface area (TPSA) is 63.4 Å². The number of amides is 2. The molecular weight excluding hydrogens is 144 g/mol. The first kappa shape index (κ1) is 8.20. The van der Waals surface area contributed by atoms with E-state index in [1.54, 1.807) is 0 Å². The highest BCUT2D eigenvalue weighted by molar-refractivity contribution is 6.02. The van der Waals surface area contributed by atoms with E-state index in [-0.39, 0.29) is 11.8 Å². The predicted octanol–water partition coefficient (Wildman–Crippen LogP) is -0.170. The Morgan fingerprint density at radius 1 is 1.45 bits per heavy atom. The van der Waals surface area contributed by atoms with Crippen molar-refractivity contribution in [1.82, 2.24) is 4.90 Å². The largest absolute Gasteiger partial charge is 0.311 e. The lowest BCUT2D eigenvalue weighted by molar-refractivity contribution is -0.141. The highest BCUT2D eigenvalue weighted by Crippen LogP contribution is 2.14. The summed E-state index contributed by atoms with van der Waals surface area (Å²) in [6.45, 7) is 1.85. The molecule has 0 aromatic heterocycles. The second kappa shape index (κ2) is 3.00. The fourth-order valence-electron chi connectivity index (χ4n) is 1.15. The van der Waals surface area contributed by atoms with Gasteiger partial charge >= 0.3 is 0 Å². The maximum Gasteiger partial charge on any atom is 0.231 e. The molecule has 4 heteroatoms. The number of imide groups is 1. The molecule has 0 bridgehead atoms. The average Bonchev–Trinajstić information content (AvgIpc) is 2.30. The minimum atomic E-state index is -0.419. The van der Waals surface area contributed by atoms with Gasteiger partial charge in [-0.25, -0.2) is 0 Å². The second-order valence-electron chi connectivity index (χ2n) is 2.63. The van der Waals surface area contributed by atoms with Gasteiger partial charge < -0.3 is 5.73 Å². The minimum absolute atomic E-state index is 0.135. The molecular formula is C7H12N2O2. The molecule has 1 rings (SSSR count). The first-order valence-corrected chi connectivity index (χ1v) is 3.77. The molecule has 2 amide bonds. The molecule has 0 aromatic rings. The molecule has 0 aliphatic carbocycles. The van der Waals surface area contributed by atoms with Crippen LogP contribution in [-0.2, 0) is 9.59 Å². The molecule has 0 radical (unpaired) electrons. The van der Waals surface area contributed by atoms with Crippen molar-refractivity contribution in [3.05, 3.63) is 0 Å². The Bertz CT molecular complexity index is 175. The van der Waals surface area contributed by atoms with Crippen LogP contribution in [0.1, 0.15) is 26.2 Å². The van der Waals surface area contributed by atoms with E-state index in [0.717, 1.165) is 0 Å². The van der Waals surface area contributed by atoms with E-state index in [4.69, 9.17) is 5.73 Å². The number of nitrogens with zero attached hydrogens (tertiary/aromatic N) is 1. The Morgan fingerprint density at radius 2 is 1.91 bits per heavy atom. The van der Waals surface area contributed by atoms with Crippen LogP contribution in [0.5, 0.6) is 0 Å². The van der Waals surface area contributed by atoms with Gasteiger partial charge in [0, 0.05) is 12.8 Å². The summed E-state index contributed by atoms with van der Waals surface area (Å²) < 4.78 is 0. The zero-order chi connectivity index (χ0) is 8.43. The SMILES string of the molecule is CCC(N)N1C(=O)CCC1=O. The van der Waals surface area contributed by atoms with Gasteiger partial charge in [-0.2, -0.15) is 0 Å². The number of hydrogen-bond donors (Lipinski definition) is 1. The van der Waals surface area contributed by atoms with Gasteiger partial charge in [-0.3, -0.25) is 14.5 Å². The van der Waals surface area contributed by atoms with Gasteiger partial charge in [-0.15, -0.1) is 0 Å². The van der Waals surface area contributed by atoms with Crippen molar-refractivity contribution >= 4 is 11.8 Å². The second-order valence-corrected chi connectivity index (χ2v) is 2.63. The molecule has 1 atom stereocenters. The molecule has 11 heavy (non-hydrogen) atoms. The van der Waals surface area contributed by atoms with Crippen LogP contribution in [-0.4, -0.2) is 22.9 Å². The van der Waals surface area contributed by atoms with Gasteiger partial charge in [-0.05, 0) is 6.42 Å². The summed E-state index contributed by atoms with van der Waals surface area (Å²) in [7, 11) is 0. The standard InChI is InChI=1S/C7H12N2O2/c1-2-5(8)9-6(10)3-4-7(9)11/h5H,2-4,8H2,1H3.